The molecule has 0 aliphatic heterocycles. The summed E-state index contributed by atoms with van der Waals surface area (Å²) in [6.07, 6.45) is 0.690. The molecule has 110 valence electrons. The SMILES string of the molecule is CC[C@](O)(c1cccc(OC)c1)[C@H](C)CN(C)C.S. The summed E-state index contributed by atoms with van der Waals surface area (Å²) in [4.78, 5) is 2.10. The smallest absolute Gasteiger partial charge is 0.119 e. The van der Waals surface area contributed by atoms with Crippen LogP contribution < -0.4 is 4.74 Å². The van der Waals surface area contributed by atoms with Crippen LogP contribution in [0.1, 0.15) is 25.8 Å². The summed E-state index contributed by atoms with van der Waals surface area (Å²) in [6, 6.07) is 7.72. The molecule has 0 bridgehead atoms. The first-order valence-corrected chi connectivity index (χ1v) is 6.45. The van der Waals surface area contributed by atoms with E-state index in [0.29, 0.717) is 6.42 Å². The van der Waals surface area contributed by atoms with Gasteiger partial charge in [-0.2, -0.15) is 13.5 Å². The second-order valence-corrected chi connectivity index (χ2v) is 5.17. The summed E-state index contributed by atoms with van der Waals surface area (Å²) in [7, 11) is 5.70. The number of aliphatic hydroxyl groups is 1. The first kappa shape index (κ1) is 18.3. The highest BCUT2D eigenvalue weighted by atomic mass is 32.1. The molecule has 0 aliphatic carbocycles. The summed E-state index contributed by atoms with van der Waals surface area (Å²) in [5.41, 5.74) is 0.123. The molecule has 0 heterocycles. The maximum atomic E-state index is 10.9. The molecule has 19 heavy (non-hydrogen) atoms. The van der Waals surface area contributed by atoms with Gasteiger partial charge in [0.25, 0.3) is 0 Å². The van der Waals surface area contributed by atoms with Crippen molar-refractivity contribution in [1.29, 1.82) is 0 Å². The molecule has 0 fully saturated rings. The van der Waals surface area contributed by atoms with Crippen LogP contribution in [-0.2, 0) is 5.60 Å². The lowest BCUT2D eigenvalue weighted by Gasteiger charge is -2.35. The number of rotatable bonds is 6. The van der Waals surface area contributed by atoms with E-state index in [1.165, 1.54) is 0 Å². The van der Waals surface area contributed by atoms with Crippen molar-refractivity contribution < 1.29 is 9.84 Å². The predicted octanol–water partition coefficient (Wildman–Crippen LogP) is 2.60. The first-order chi connectivity index (χ1) is 8.43. The highest BCUT2D eigenvalue weighted by molar-refractivity contribution is 7.59. The van der Waals surface area contributed by atoms with E-state index in [0.717, 1.165) is 17.9 Å². The molecule has 0 aromatic heterocycles. The van der Waals surface area contributed by atoms with E-state index in [-0.39, 0.29) is 19.4 Å². The normalized spacial score (nSPS) is 15.5. The molecule has 3 nitrogen and oxygen atoms in total. The minimum Gasteiger partial charge on any atom is -0.497 e. The lowest BCUT2D eigenvalue weighted by molar-refractivity contribution is -0.0293. The van der Waals surface area contributed by atoms with Gasteiger partial charge in [0, 0.05) is 12.5 Å². The minimum atomic E-state index is -0.807. The zero-order valence-corrected chi connectivity index (χ0v) is 13.6. The van der Waals surface area contributed by atoms with Gasteiger partial charge >= 0.3 is 0 Å². The van der Waals surface area contributed by atoms with Crippen molar-refractivity contribution in [3.05, 3.63) is 29.8 Å². The van der Waals surface area contributed by atoms with Crippen molar-refractivity contribution in [2.45, 2.75) is 25.9 Å². The highest BCUT2D eigenvalue weighted by Crippen LogP contribution is 2.34. The number of hydrogen-bond donors (Lipinski definition) is 1. The molecule has 0 saturated carbocycles. The van der Waals surface area contributed by atoms with Crippen LogP contribution in [-0.4, -0.2) is 37.8 Å². The molecule has 0 radical (unpaired) electrons. The van der Waals surface area contributed by atoms with E-state index in [1.54, 1.807) is 7.11 Å². The van der Waals surface area contributed by atoms with Crippen LogP contribution >= 0.6 is 13.5 Å². The fourth-order valence-corrected chi connectivity index (χ4v) is 2.43. The van der Waals surface area contributed by atoms with Crippen molar-refractivity contribution in [2.24, 2.45) is 5.92 Å². The number of methoxy groups -OCH3 is 1. The van der Waals surface area contributed by atoms with Gasteiger partial charge in [-0.05, 0) is 38.2 Å². The summed E-state index contributed by atoms with van der Waals surface area (Å²) in [6.45, 7) is 4.95. The van der Waals surface area contributed by atoms with Crippen LogP contribution in [0.3, 0.4) is 0 Å². The van der Waals surface area contributed by atoms with Gasteiger partial charge in [-0.15, -0.1) is 0 Å². The molecule has 0 saturated heterocycles. The predicted molar refractivity (Wildman–Crippen MR) is 85.3 cm³/mol. The average Bonchev–Trinajstić information content (AvgIpc) is 2.37. The molecule has 1 aromatic rings. The monoisotopic (exact) mass is 285 g/mol. The van der Waals surface area contributed by atoms with Crippen LogP contribution in [0.25, 0.3) is 0 Å². The lowest BCUT2D eigenvalue weighted by Crippen LogP contribution is -2.38. The Hall–Kier alpha value is -0.710. The number of nitrogens with zero attached hydrogens (tertiary/aromatic N) is 1. The Balaban J connectivity index is 0.00000324. The van der Waals surface area contributed by atoms with Crippen LogP contribution in [0.2, 0.25) is 0 Å². The summed E-state index contributed by atoms with van der Waals surface area (Å²) < 4.78 is 5.23. The lowest BCUT2D eigenvalue weighted by atomic mass is 9.80. The van der Waals surface area contributed by atoms with Gasteiger partial charge in [0.15, 0.2) is 0 Å². The van der Waals surface area contributed by atoms with Crippen molar-refractivity contribution in [3.63, 3.8) is 0 Å². The van der Waals surface area contributed by atoms with E-state index in [4.69, 9.17) is 4.74 Å². The zero-order valence-electron chi connectivity index (χ0n) is 12.6. The van der Waals surface area contributed by atoms with Crippen LogP contribution in [0.4, 0.5) is 0 Å². The molecule has 0 aliphatic rings. The van der Waals surface area contributed by atoms with Crippen molar-refractivity contribution in [2.75, 3.05) is 27.7 Å². The quantitative estimate of drug-likeness (QED) is 0.872. The van der Waals surface area contributed by atoms with Gasteiger partial charge in [0.2, 0.25) is 0 Å². The molecule has 0 amide bonds. The molecule has 1 N–H and O–H groups in total. The summed E-state index contributed by atoms with van der Waals surface area (Å²) >= 11 is 0. The molecule has 1 rings (SSSR count). The summed E-state index contributed by atoms with van der Waals surface area (Å²) in [5.74, 6) is 0.945. The number of hydrogen-bond acceptors (Lipinski definition) is 3. The maximum absolute atomic E-state index is 10.9. The largest absolute Gasteiger partial charge is 0.497 e. The van der Waals surface area contributed by atoms with Crippen molar-refractivity contribution in [3.8, 4) is 5.75 Å². The topological polar surface area (TPSA) is 32.7 Å². The molecule has 1 aromatic carbocycles. The van der Waals surface area contributed by atoms with E-state index in [9.17, 15) is 5.11 Å². The second kappa shape index (κ2) is 7.78. The number of benzene rings is 1. The molecular weight excluding hydrogens is 258 g/mol. The summed E-state index contributed by atoms with van der Waals surface area (Å²) in [5, 5.41) is 10.9. The van der Waals surface area contributed by atoms with Gasteiger partial charge < -0.3 is 14.7 Å². The van der Waals surface area contributed by atoms with E-state index in [1.807, 2.05) is 45.3 Å². The van der Waals surface area contributed by atoms with Gasteiger partial charge in [0.1, 0.15) is 5.75 Å². The van der Waals surface area contributed by atoms with Crippen molar-refractivity contribution in [1.82, 2.24) is 4.90 Å². The minimum absolute atomic E-state index is 0. The Morgan fingerprint density at radius 3 is 2.47 bits per heavy atom. The molecule has 2 atom stereocenters. The van der Waals surface area contributed by atoms with Gasteiger partial charge in [-0.1, -0.05) is 26.0 Å². The van der Waals surface area contributed by atoms with Gasteiger partial charge in [-0.3, -0.25) is 0 Å². The zero-order chi connectivity index (χ0) is 13.8. The molecular formula is C15H27NO2S. The Labute approximate surface area is 124 Å². The standard InChI is InChI=1S/C15H25NO2.H2S/c1-6-15(17,12(2)11-16(3)4)13-8-7-9-14(10-13)18-5;/h7-10,12,17H,6,11H2,1-5H3;1H2/t12-,15-;/m1./s1. The van der Waals surface area contributed by atoms with E-state index < -0.39 is 5.60 Å². The first-order valence-electron chi connectivity index (χ1n) is 6.45. The third-order valence-electron chi connectivity index (χ3n) is 3.56. The van der Waals surface area contributed by atoms with E-state index in [2.05, 4.69) is 11.8 Å². The Morgan fingerprint density at radius 1 is 1.37 bits per heavy atom. The average molecular weight is 285 g/mol. The van der Waals surface area contributed by atoms with Crippen molar-refractivity contribution >= 4 is 13.5 Å². The fourth-order valence-electron chi connectivity index (χ4n) is 2.43. The Kier molecular flexibility index (Phi) is 7.49. The van der Waals surface area contributed by atoms with Gasteiger partial charge in [0.05, 0.1) is 12.7 Å². The van der Waals surface area contributed by atoms with Crippen LogP contribution in [0, 0.1) is 5.92 Å². The third kappa shape index (κ3) is 4.41. The Morgan fingerprint density at radius 2 is 2.00 bits per heavy atom. The second-order valence-electron chi connectivity index (χ2n) is 5.17. The van der Waals surface area contributed by atoms with Crippen LogP contribution in [0.5, 0.6) is 5.75 Å². The van der Waals surface area contributed by atoms with E-state index >= 15 is 0 Å². The molecule has 0 spiro atoms. The van der Waals surface area contributed by atoms with Crippen LogP contribution in [0.15, 0.2) is 24.3 Å². The van der Waals surface area contributed by atoms with Gasteiger partial charge in [-0.25, -0.2) is 0 Å². The molecule has 4 heteroatoms. The highest BCUT2D eigenvalue weighted by Gasteiger charge is 2.34. The number of ether oxygens (including phenoxy) is 1. The Bertz CT molecular complexity index is 384. The molecule has 0 unspecified atom stereocenters. The fraction of sp³-hybridized carbons (Fsp3) is 0.600. The third-order valence-corrected chi connectivity index (χ3v) is 3.56. The maximum Gasteiger partial charge on any atom is 0.119 e.